The van der Waals surface area contributed by atoms with Crippen LogP contribution in [0.4, 0.5) is 4.79 Å². The number of allylic oxidation sites excluding steroid dienone is 1. The number of β-amino-alcohol motifs (C(OH)–C–C–N with tert-alkyl or cyclic N) is 1. The zero-order chi connectivity index (χ0) is 25.3. The van der Waals surface area contributed by atoms with E-state index in [4.69, 9.17) is 9.15 Å². The molecule has 4 fully saturated rings. The summed E-state index contributed by atoms with van der Waals surface area (Å²) in [4.78, 5) is 25.7. The molecule has 3 saturated carbocycles. The van der Waals surface area contributed by atoms with Gasteiger partial charge in [0.05, 0.1) is 18.0 Å². The molecule has 7 nitrogen and oxygen atoms in total. The van der Waals surface area contributed by atoms with E-state index in [0.29, 0.717) is 25.4 Å². The van der Waals surface area contributed by atoms with Gasteiger partial charge in [-0.1, -0.05) is 19.4 Å². The lowest BCUT2D eigenvalue weighted by atomic mass is 9.45. The Morgan fingerprint density at radius 1 is 1.08 bits per heavy atom. The molecule has 6 rings (SSSR count). The molecular formula is C29H39NO6. The maximum atomic E-state index is 12.6. The zero-order valence-electron chi connectivity index (χ0n) is 21.4. The summed E-state index contributed by atoms with van der Waals surface area (Å²) >= 11 is 0. The van der Waals surface area contributed by atoms with Crippen LogP contribution >= 0.6 is 0 Å². The highest BCUT2D eigenvalue weighted by Crippen LogP contribution is 2.70. The van der Waals surface area contributed by atoms with E-state index in [0.717, 1.165) is 56.9 Å². The summed E-state index contributed by atoms with van der Waals surface area (Å²) in [7, 11) is 0. The van der Waals surface area contributed by atoms with Crippen molar-refractivity contribution in [3.8, 4) is 0 Å². The number of carbonyl (C=O) groups is 1. The Morgan fingerprint density at radius 3 is 2.64 bits per heavy atom. The van der Waals surface area contributed by atoms with Crippen molar-refractivity contribution in [1.82, 2.24) is 4.90 Å². The lowest BCUT2D eigenvalue weighted by Gasteiger charge is -2.61. The van der Waals surface area contributed by atoms with Crippen LogP contribution in [0.1, 0.15) is 83.1 Å². The van der Waals surface area contributed by atoms with E-state index in [2.05, 4.69) is 19.9 Å². The van der Waals surface area contributed by atoms with Crippen LogP contribution in [0.5, 0.6) is 0 Å². The van der Waals surface area contributed by atoms with Crippen molar-refractivity contribution in [2.45, 2.75) is 95.4 Å². The average Bonchev–Trinajstić information content (AvgIpc) is 3.41. The summed E-state index contributed by atoms with van der Waals surface area (Å²) in [5, 5.41) is 22.1. The Balaban J connectivity index is 1.21. The summed E-state index contributed by atoms with van der Waals surface area (Å²) < 4.78 is 11.1. The molecular weight excluding hydrogens is 458 g/mol. The maximum absolute atomic E-state index is 12.6. The van der Waals surface area contributed by atoms with Crippen molar-refractivity contribution in [1.29, 1.82) is 0 Å². The van der Waals surface area contributed by atoms with E-state index < -0.39 is 11.7 Å². The highest BCUT2D eigenvalue weighted by molar-refractivity contribution is 5.68. The fourth-order valence-corrected chi connectivity index (χ4v) is 8.97. The first-order valence-corrected chi connectivity index (χ1v) is 13.8. The molecule has 1 aliphatic heterocycles. The number of carbonyl (C=O) groups excluding carboxylic acids is 1. The number of nitrogens with zero attached hydrogens (tertiary/aromatic N) is 1. The molecule has 0 unspecified atom stereocenters. The van der Waals surface area contributed by atoms with Gasteiger partial charge in [0, 0.05) is 24.6 Å². The molecule has 2 heterocycles. The molecule has 0 aromatic carbocycles. The number of hydrogen-bond acceptors (Lipinski definition) is 6. The molecule has 8 atom stereocenters. The first-order chi connectivity index (χ1) is 17.1. The van der Waals surface area contributed by atoms with Gasteiger partial charge in [0.2, 0.25) is 0 Å². The molecule has 36 heavy (non-hydrogen) atoms. The molecule has 1 saturated heterocycles. The van der Waals surface area contributed by atoms with Crippen LogP contribution in [-0.2, 0) is 4.74 Å². The summed E-state index contributed by atoms with van der Waals surface area (Å²) in [6.45, 7) is 5.54. The SMILES string of the molecule is C[C@]12CC[C@H](OC(=O)N3CC[C@H](O)C3)C=C1CC[C@@H]1[C@@H]2CC[C@]2(C)[C@@H](c3ccc(=O)oc3)CC[C@]12O. The Labute approximate surface area is 212 Å². The molecule has 0 radical (unpaired) electrons. The standard InChI is InChI=1S/C29H39NO6/c1-27-11-7-21(36-26(33)30-14-10-20(31)16-30)15-19(27)4-5-24-23(27)8-12-28(2)22(9-13-29(24,28)34)18-3-6-25(32)35-17-18/h3,6,15,17,20-24,31,34H,4-5,7-14,16H2,1-2H3/t20-,21-,22+,23-,24+,27-,28+,29-/m0/s1. The quantitative estimate of drug-likeness (QED) is 0.589. The Morgan fingerprint density at radius 2 is 1.92 bits per heavy atom. The number of ether oxygens (including phenoxy) is 1. The first-order valence-electron chi connectivity index (χ1n) is 13.8. The number of rotatable bonds is 2. The van der Waals surface area contributed by atoms with Gasteiger partial charge in [0.1, 0.15) is 6.10 Å². The van der Waals surface area contributed by atoms with Gasteiger partial charge >= 0.3 is 11.7 Å². The minimum atomic E-state index is -0.731. The van der Waals surface area contributed by atoms with Crippen LogP contribution in [-0.4, -0.2) is 52.1 Å². The van der Waals surface area contributed by atoms with E-state index in [1.807, 2.05) is 6.07 Å². The Kier molecular flexibility index (Phi) is 5.69. The third-order valence-corrected chi connectivity index (χ3v) is 11.1. The van der Waals surface area contributed by atoms with E-state index in [1.54, 1.807) is 11.2 Å². The van der Waals surface area contributed by atoms with Crippen molar-refractivity contribution >= 4 is 6.09 Å². The Bertz CT molecular complexity index is 1110. The van der Waals surface area contributed by atoms with Gasteiger partial charge in [0.15, 0.2) is 0 Å². The van der Waals surface area contributed by atoms with Crippen LogP contribution in [0, 0.1) is 22.7 Å². The van der Waals surface area contributed by atoms with Crippen LogP contribution in [0.3, 0.4) is 0 Å². The second-order valence-corrected chi connectivity index (χ2v) is 12.6. The van der Waals surface area contributed by atoms with Crippen molar-refractivity contribution in [3.63, 3.8) is 0 Å². The van der Waals surface area contributed by atoms with Crippen LogP contribution in [0.25, 0.3) is 0 Å². The van der Waals surface area contributed by atoms with Crippen molar-refractivity contribution < 1.29 is 24.2 Å². The van der Waals surface area contributed by atoms with Crippen molar-refractivity contribution in [3.05, 3.63) is 46.0 Å². The van der Waals surface area contributed by atoms with Gasteiger partial charge in [-0.15, -0.1) is 0 Å². The van der Waals surface area contributed by atoms with E-state index in [9.17, 15) is 19.8 Å². The second kappa shape index (κ2) is 8.45. The summed E-state index contributed by atoms with van der Waals surface area (Å²) in [6, 6.07) is 3.38. The number of aliphatic hydroxyl groups is 2. The Hall–Kier alpha value is -2.12. The predicted molar refractivity (Wildman–Crippen MR) is 133 cm³/mol. The third kappa shape index (κ3) is 3.52. The molecule has 0 bridgehead atoms. The first kappa shape index (κ1) is 24.2. The monoisotopic (exact) mass is 497 g/mol. The molecule has 4 aliphatic carbocycles. The highest BCUT2D eigenvalue weighted by Gasteiger charge is 2.66. The van der Waals surface area contributed by atoms with E-state index >= 15 is 0 Å². The fraction of sp³-hybridized carbons (Fsp3) is 0.724. The summed E-state index contributed by atoms with van der Waals surface area (Å²) in [6.07, 6.45) is 10.8. The zero-order valence-corrected chi connectivity index (χ0v) is 21.4. The van der Waals surface area contributed by atoms with Crippen molar-refractivity contribution in [2.75, 3.05) is 13.1 Å². The van der Waals surface area contributed by atoms with Gasteiger partial charge in [0.25, 0.3) is 0 Å². The van der Waals surface area contributed by atoms with Gasteiger partial charge < -0.3 is 24.3 Å². The van der Waals surface area contributed by atoms with Crippen LogP contribution in [0.15, 0.2) is 39.3 Å². The molecule has 1 aromatic rings. The molecule has 196 valence electrons. The van der Waals surface area contributed by atoms with Crippen LogP contribution in [0.2, 0.25) is 0 Å². The third-order valence-electron chi connectivity index (χ3n) is 11.1. The number of amides is 1. The van der Waals surface area contributed by atoms with Gasteiger partial charge in [-0.2, -0.15) is 0 Å². The number of fused-ring (bicyclic) bond motifs is 5. The van der Waals surface area contributed by atoms with Gasteiger partial charge in [-0.3, -0.25) is 0 Å². The lowest BCUT2D eigenvalue weighted by Crippen LogP contribution is -2.60. The topological polar surface area (TPSA) is 100 Å². The largest absolute Gasteiger partial charge is 0.442 e. The second-order valence-electron chi connectivity index (χ2n) is 12.6. The van der Waals surface area contributed by atoms with Gasteiger partial charge in [-0.25, -0.2) is 9.59 Å². The average molecular weight is 498 g/mol. The minimum Gasteiger partial charge on any atom is -0.442 e. The summed E-state index contributed by atoms with van der Waals surface area (Å²) in [5.41, 5.74) is 1.14. The number of hydrogen-bond donors (Lipinski definition) is 2. The molecule has 1 amide bonds. The number of aliphatic hydroxyl groups excluding tert-OH is 1. The number of likely N-dealkylation sites (tertiary alicyclic amines) is 1. The highest BCUT2D eigenvalue weighted by atomic mass is 16.6. The molecule has 1 aromatic heterocycles. The normalized spacial score (nSPS) is 43.8. The fourth-order valence-electron chi connectivity index (χ4n) is 8.97. The van der Waals surface area contributed by atoms with Gasteiger partial charge in [-0.05, 0) is 98.7 Å². The van der Waals surface area contributed by atoms with E-state index in [-0.39, 0.29) is 40.5 Å². The molecule has 2 N–H and O–H groups in total. The van der Waals surface area contributed by atoms with E-state index in [1.165, 1.54) is 11.6 Å². The molecule has 0 spiro atoms. The smallest absolute Gasteiger partial charge is 0.410 e. The molecule has 5 aliphatic rings. The lowest BCUT2D eigenvalue weighted by molar-refractivity contribution is -0.178. The summed E-state index contributed by atoms with van der Waals surface area (Å²) in [5.74, 6) is 0.842. The molecule has 7 heteroatoms. The maximum Gasteiger partial charge on any atom is 0.410 e. The van der Waals surface area contributed by atoms with Crippen molar-refractivity contribution in [2.24, 2.45) is 22.7 Å². The van der Waals surface area contributed by atoms with Crippen LogP contribution < -0.4 is 5.63 Å². The predicted octanol–water partition coefficient (Wildman–Crippen LogP) is 4.37. The minimum absolute atomic E-state index is 0.0182.